The number of carbonyl (C=O) groups excluding carboxylic acids is 1. The Morgan fingerprint density at radius 1 is 1.25 bits per heavy atom. The number of hydrazone groups is 1. The van der Waals surface area contributed by atoms with Crippen LogP contribution in [-0.2, 0) is 4.79 Å². The molecule has 1 atom stereocenters. The predicted octanol–water partition coefficient (Wildman–Crippen LogP) is 2.15. The standard InChI is InChI=1S/C17H17N5O2/c1-12(22-15-9-5-4-8-14(15)19-21-22)17(23)20-18-11-13-7-3-6-10-16(13)24-2/h3-12H,1-2H3,(H,20,23)/b18-11-/t12-/m0/s1. The second-order valence-corrected chi connectivity index (χ2v) is 5.17. The summed E-state index contributed by atoms with van der Waals surface area (Å²) >= 11 is 0. The van der Waals surface area contributed by atoms with Crippen LogP contribution in [0.3, 0.4) is 0 Å². The summed E-state index contributed by atoms with van der Waals surface area (Å²) in [6, 6.07) is 14.4. The zero-order chi connectivity index (χ0) is 16.9. The van der Waals surface area contributed by atoms with E-state index >= 15 is 0 Å². The van der Waals surface area contributed by atoms with Crippen LogP contribution in [0.4, 0.5) is 0 Å². The summed E-state index contributed by atoms with van der Waals surface area (Å²) in [6.45, 7) is 1.75. The second kappa shape index (κ2) is 6.91. The molecule has 7 heteroatoms. The van der Waals surface area contributed by atoms with Crippen LogP contribution in [0.2, 0.25) is 0 Å². The average molecular weight is 323 g/mol. The van der Waals surface area contributed by atoms with Crippen LogP contribution < -0.4 is 10.2 Å². The van der Waals surface area contributed by atoms with Crippen molar-refractivity contribution in [2.45, 2.75) is 13.0 Å². The molecule has 1 amide bonds. The van der Waals surface area contributed by atoms with Crippen molar-refractivity contribution in [2.24, 2.45) is 5.10 Å². The van der Waals surface area contributed by atoms with Gasteiger partial charge >= 0.3 is 0 Å². The van der Waals surface area contributed by atoms with Crippen molar-refractivity contribution in [2.75, 3.05) is 7.11 Å². The van der Waals surface area contributed by atoms with Crippen molar-refractivity contribution >= 4 is 23.2 Å². The third kappa shape index (κ3) is 3.10. The first-order chi connectivity index (χ1) is 11.7. The summed E-state index contributed by atoms with van der Waals surface area (Å²) in [5, 5.41) is 12.1. The summed E-state index contributed by atoms with van der Waals surface area (Å²) in [4.78, 5) is 12.3. The average Bonchev–Trinajstić information content (AvgIpc) is 3.05. The lowest BCUT2D eigenvalue weighted by atomic mass is 10.2. The number of fused-ring (bicyclic) bond motifs is 1. The fourth-order valence-corrected chi connectivity index (χ4v) is 2.32. The van der Waals surface area contributed by atoms with E-state index in [1.165, 1.54) is 0 Å². The minimum absolute atomic E-state index is 0.281. The van der Waals surface area contributed by atoms with E-state index in [0.717, 1.165) is 16.6 Å². The Morgan fingerprint density at radius 2 is 2.00 bits per heavy atom. The first kappa shape index (κ1) is 15.7. The minimum Gasteiger partial charge on any atom is -0.496 e. The monoisotopic (exact) mass is 323 g/mol. The number of para-hydroxylation sites is 2. The van der Waals surface area contributed by atoms with Crippen molar-refractivity contribution < 1.29 is 9.53 Å². The molecule has 0 spiro atoms. The summed E-state index contributed by atoms with van der Waals surface area (Å²) in [5.74, 6) is 0.405. The molecule has 2 aromatic carbocycles. The van der Waals surface area contributed by atoms with Crippen LogP contribution in [0.25, 0.3) is 11.0 Å². The van der Waals surface area contributed by atoms with Gasteiger partial charge < -0.3 is 4.74 Å². The molecule has 0 radical (unpaired) electrons. The van der Waals surface area contributed by atoms with E-state index in [0.29, 0.717) is 5.75 Å². The van der Waals surface area contributed by atoms with Crippen molar-refractivity contribution in [3.8, 4) is 5.75 Å². The third-order valence-electron chi connectivity index (χ3n) is 3.64. The van der Waals surface area contributed by atoms with Crippen LogP contribution in [0.5, 0.6) is 5.75 Å². The summed E-state index contributed by atoms with van der Waals surface area (Å²) < 4.78 is 6.80. The van der Waals surface area contributed by atoms with Gasteiger partial charge in [0.2, 0.25) is 0 Å². The number of ether oxygens (including phenoxy) is 1. The van der Waals surface area contributed by atoms with Gasteiger partial charge in [0, 0.05) is 5.56 Å². The fourth-order valence-electron chi connectivity index (χ4n) is 2.32. The number of nitrogens with zero attached hydrogens (tertiary/aromatic N) is 4. The number of benzene rings is 2. The number of nitrogens with one attached hydrogen (secondary N) is 1. The number of methoxy groups -OCH3 is 1. The van der Waals surface area contributed by atoms with Gasteiger partial charge in [-0.25, -0.2) is 10.1 Å². The van der Waals surface area contributed by atoms with E-state index in [1.54, 1.807) is 24.9 Å². The lowest BCUT2D eigenvalue weighted by Gasteiger charge is -2.10. The van der Waals surface area contributed by atoms with Gasteiger partial charge in [0.25, 0.3) is 5.91 Å². The van der Waals surface area contributed by atoms with Crippen molar-refractivity contribution in [3.05, 3.63) is 54.1 Å². The number of amides is 1. The Bertz CT molecular complexity index is 887. The summed E-state index contributed by atoms with van der Waals surface area (Å²) in [5.41, 5.74) is 4.84. The molecule has 0 aliphatic rings. The van der Waals surface area contributed by atoms with Crippen molar-refractivity contribution in [1.29, 1.82) is 0 Å². The molecule has 1 N–H and O–H groups in total. The van der Waals surface area contributed by atoms with Crippen molar-refractivity contribution in [3.63, 3.8) is 0 Å². The second-order valence-electron chi connectivity index (χ2n) is 5.17. The molecule has 3 rings (SSSR count). The fraction of sp³-hybridized carbons (Fsp3) is 0.176. The van der Waals surface area contributed by atoms with E-state index in [1.807, 2.05) is 48.5 Å². The molecule has 7 nitrogen and oxygen atoms in total. The predicted molar refractivity (Wildman–Crippen MR) is 91.0 cm³/mol. The highest BCUT2D eigenvalue weighted by Gasteiger charge is 2.18. The zero-order valence-electron chi connectivity index (χ0n) is 13.4. The summed E-state index contributed by atoms with van der Waals surface area (Å²) in [6.07, 6.45) is 1.54. The molecular weight excluding hydrogens is 306 g/mol. The number of carbonyl (C=O) groups is 1. The SMILES string of the molecule is COc1ccccc1/C=N\NC(=O)[C@H](C)n1nnc2ccccc21. The lowest BCUT2D eigenvalue weighted by Crippen LogP contribution is -2.28. The Morgan fingerprint density at radius 3 is 2.83 bits per heavy atom. The molecule has 0 aliphatic heterocycles. The number of aromatic nitrogens is 3. The van der Waals surface area contributed by atoms with Gasteiger partial charge in [-0.3, -0.25) is 4.79 Å². The number of rotatable bonds is 5. The highest BCUT2D eigenvalue weighted by molar-refractivity contribution is 5.86. The van der Waals surface area contributed by atoms with E-state index in [4.69, 9.17) is 4.74 Å². The molecule has 1 heterocycles. The van der Waals surface area contributed by atoms with Gasteiger partial charge in [-0.1, -0.05) is 29.5 Å². The highest BCUT2D eigenvalue weighted by Crippen LogP contribution is 2.16. The lowest BCUT2D eigenvalue weighted by molar-refractivity contribution is -0.124. The number of hydrogen-bond acceptors (Lipinski definition) is 5. The van der Waals surface area contributed by atoms with Crippen LogP contribution in [-0.4, -0.2) is 34.2 Å². The Kier molecular flexibility index (Phi) is 4.51. The molecule has 0 unspecified atom stereocenters. The molecule has 0 saturated carbocycles. The maximum Gasteiger partial charge on any atom is 0.264 e. The van der Waals surface area contributed by atoms with Crippen LogP contribution in [0.1, 0.15) is 18.5 Å². The van der Waals surface area contributed by atoms with Gasteiger partial charge in [-0.15, -0.1) is 5.10 Å². The molecule has 0 fully saturated rings. The van der Waals surface area contributed by atoms with Crippen LogP contribution in [0.15, 0.2) is 53.6 Å². The van der Waals surface area contributed by atoms with E-state index in [2.05, 4.69) is 20.8 Å². The molecule has 0 bridgehead atoms. The van der Waals surface area contributed by atoms with Gasteiger partial charge in [0.1, 0.15) is 17.3 Å². The zero-order valence-corrected chi connectivity index (χ0v) is 13.4. The highest BCUT2D eigenvalue weighted by atomic mass is 16.5. The summed E-state index contributed by atoms with van der Waals surface area (Å²) in [7, 11) is 1.59. The molecule has 122 valence electrons. The van der Waals surface area contributed by atoms with E-state index < -0.39 is 6.04 Å². The molecule has 24 heavy (non-hydrogen) atoms. The maximum atomic E-state index is 12.3. The van der Waals surface area contributed by atoms with Gasteiger partial charge in [0.05, 0.1) is 18.8 Å². The molecule has 0 saturated heterocycles. The topological polar surface area (TPSA) is 81.4 Å². The van der Waals surface area contributed by atoms with E-state index in [-0.39, 0.29) is 5.91 Å². The first-order valence-corrected chi connectivity index (χ1v) is 7.46. The molecule has 0 aliphatic carbocycles. The maximum absolute atomic E-state index is 12.3. The molecule has 3 aromatic rings. The minimum atomic E-state index is -0.535. The molecule has 1 aromatic heterocycles. The van der Waals surface area contributed by atoms with Gasteiger partial charge in [-0.05, 0) is 31.2 Å². The number of hydrogen-bond donors (Lipinski definition) is 1. The van der Waals surface area contributed by atoms with Gasteiger partial charge in [-0.2, -0.15) is 5.10 Å². The normalized spacial score (nSPS) is 12.4. The van der Waals surface area contributed by atoms with Crippen LogP contribution in [0, 0.1) is 0 Å². The quantitative estimate of drug-likeness (QED) is 0.576. The van der Waals surface area contributed by atoms with Crippen LogP contribution >= 0.6 is 0 Å². The Balaban J connectivity index is 1.72. The van der Waals surface area contributed by atoms with Crippen molar-refractivity contribution in [1.82, 2.24) is 20.4 Å². The smallest absolute Gasteiger partial charge is 0.264 e. The third-order valence-corrected chi connectivity index (χ3v) is 3.64. The molecular formula is C17H17N5O2. The van der Waals surface area contributed by atoms with Gasteiger partial charge in [0.15, 0.2) is 0 Å². The Labute approximate surface area is 138 Å². The Hall–Kier alpha value is -3.22. The first-order valence-electron chi connectivity index (χ1n) is 7.46. The largest absolute Gasteiger partial charge is 0.496 e. The van der Waals surface area contributed by atoms with E-state index in [9.17, 15) is 4.79 Å².